The molecule has 0 saturated heterocycles. The summed E-state index contributed by atoms with van der Waals surface area (Å²) < 4.78 is 5.20. The highest BCUT2D eigenvalue weighted by atomic mass is 16.5. The van der Waals surface area contributed by atoms with Gasteiger partial charge in [0.05, 0.1) is 6.61 Å². The van der Waals surface area contributed by atoms with E-state index in [9.17, 15) is 0 Å². The Labute approximate surface area is 123 Å². The Bertz CT molecular complexity index is 409. The molecule has 2 N–H and O–H groups in total. The van der Waals surface area contributed by atoms with E-state index in [4.69, 9.17) is 10.5 Å². The van der Waals surface area contributed by atoms with Crippen molar-refractivity contribution in [2.75, 3.05) is 26.8 Å². The average molecular weight is 276 g/mol. The molecule has 1 saturated carbocycles. The second kappa shape index (κ2) is 7.21. The van der Waals surface area contributed by atoms with E-state index in [0.29, 0.717) is 0 Å². The molecule has 112 valence electrons. The summed E-state index contributed by atoms with van der Waals surface area (Å²) in [5, 5.41) is 0. The fourth-order valence-electron chi connectivity index (χ4n) is 2.82. The molecule has 0 spiro atoms. The first-order valence-corrected chi connectivity index (χ1v) is 7.67. The average Bonchev–Trinajstić information content (AvgIpc) is 3.22. The first-order valence-electron chi connectivity index (χ1n) is 7.67. The zero-order valence-corrected chi connectivity index (χ0v) is 13.1. The monoisotopic (exact) mass is 276 g/mol. The quantitative estimate of drug-likeness (QED) is 0.793. The number of nitrogens with zero attached hydrogens (tertiary/aromatic N) is 1. The Hall–Kier alpha value is -0.900. The zero-order valence-electron chi connectivity index (χ0n) is 13.1. The molecule has 1 aliphatic rings. The molecule has 0 heterocycles. The lowest BCUT2D eigenvalue weighted by Crippen LogP contribution is -2.32. The van der Waals surface area contributed by atoms with Crippen molar-refractivity contribution in [2.45, 2.75) is 45.2 Å². The summed E-state index contributed by atoms with van der Waals surface area (Å²) in [5.41, 5.74) is 10.2. The number of benzene rings is 1. The molecule has 1 aromatic carbocycles. The fourth-order valence-corrected chi connectivity index (χ4v) is 2.82. The maximum absolute atomic E-state index is 6.37. The van der Waals surface area contributed by atoms with Crippen LogP contribution in [0.2, 0.25) is 0 Å². The molecule has 2 rings (SSSR count). The lowest BCUT2D eigenvalue weighted by atomic mass is 9.99. The summed E-state index contributed by atoms with van der Waals surface area (Å²) in [5.74, 6) is 0. The molecular weight excluding hydrogens is 248 g/mol. The van der Waals surface area contributed by atoms with Gasteiger partial charge in [-0.1, -0.05) is 29.3 Å². The number of nitrogens with two attached hydrogens (primary N) is 1. The first-order chi connectivity index (χ1) is 9.60. The molecule has 20 heavy (non-hydrogen) atoms. The molecule has 0 bridgehead atoms. The lowest BCUT2D eigenvalue weighted by Gasteiger charge is -2.23. The largest absolute Gasteiger partial charge is 0.383 e. The van der Waals surface area contributed by atoms with Crippen molar-refractivity contribution in [3.63, 3.8) is 0 Å². The van der Waals surface area contributed by atoms with Crippen molar-refractivity contribution < 1.29 is 4.74 Å². The van der Waals surface area contributed by atoms with E-state index in [1.165, 1.54) is 29.5 Å². The second-order valence-corrected chi connectivity index (χ2v) is 6.08. The Morgan fingerprint density at radius 2 is 1.85 bits per heavy atom. The van der Waals surface area contributed by atoms with Gasteiger partial charge in [0, 0.05) is 32.3 Å². The van der Waals surface area contributed by atoms with E-state index in [-0.39, 0.29) is 6.04 Å². The molecule has 1 aromatic rings. The highest BCUT2D eigenvalue weighted by molar-refractivity contribution is 5.30. The summed E-state index contributed by atoms with van der Waals surface area (Å²) in [6, 6.07) is 7.54. The van der Waals surface area contributed by atoms with Crippen molar-refractivity contribution in [3.8, 4) is 0 Å². The van der Waals surface area contributed by atoms with Crippen molar-refractivity contribution in [1.82, 2.24) is 4.90 Å². The number of hydrogen-bond donors (Lipinski definition) is 1. The topological polar surface area (TPSA) is 38.5 Å². The molecule has 0 radical (unpaired) electrons. The predicted molar refractivity (Wildman–Crippen MR) is 83.9 cm³/mol. The Morgan fingerprint density at radius 1 is 1.20 bits per heavy atom. The van der Waals surface area contributed by atoms with Gasteiger partial charge in [-0.3, -0.25) is 4.90 Å². The van der Waals surface area contributed by atoms with Crippen LogP contribution in [0.1, 0.15) is 42.0 Å². The summed E-state index contributed by atoms with van der Waals surface area (Å²) in [6.07, 6.45) is 3.69. The van der Waals surface area contributed by atoms with Crippen LogP contribution in [0.25, 0.3) is 0 Å². The van der Waals surface area contributed by atoms with E-state index in [1.807, 2.05) is 0 Å². The van der Waals surface area contributed by atoms with Gasteiger partial charge in [0.15, 0.2) is 0 Å². The summed E-state index contributed by atoms with van der Waals surface area (Å²) in [4.78, 5) is 2.53. The van der Waals surface area contributed by atoms with Gasteiger partial charge in [0.1, 0.15) is 0 Å². The van der Waals surface area contributed by atoms with Crippen molar-refractivity contribution in [1.29, 1.82) is 0 Å². The highest BCUT2D eigenvalue weighted by Gasteiger charge is 2.28. The Balaban J connectivity index is 1.87. The van der Waals surface area contributed by atoms with Crippen LogP contribution in [0.5, 0.6) is 0 Å². The van der Waals surface area contributed by atoms with Crippen molar-refractivity contribution in [3.05, 3.63) is 34.9 Å². The molecule has 0 aromatic heterocycles. The molecule has 3 nitrogen and oxygen atoms in total. The van der Waals surface area contributed by atoms with Gasteiger partial charge in [0.2, 0.25) is 0 Å². The van der Waals surface area contributed by atoms with Gasteiger partial charge in [0.25, 0.3) is 0 Å². The normalized spacial score (nSPS) is 16.6. The minimum atomic E-state index is 0.136. The minimum absolute atomic E-state index is 0.136. The van der Waals surface area contributed by atoms with Gasteiger partial charge in [-0.15, -0.1) is 0 Å². The van der Waals surface area contributed by atoms with E-state index in [0.717, 1.165) is 32.2 Å². The third-order valence-electron chi connectivity index (χ3n) is 4.05. The van der Waals surface area contributed by atoms with Gasteiger partial charge in [-0.05, 0) is 38.7 Å². The van der Waals surface area contributed by atoms with Crippen LogP contribution in [-0.4, -0.2) is 37.7 Å². The summed E-state index contributed by atoms with van der Waals surface area (Å²) in [7, 11) is 1.77. The van der Waals surface area contributed by atoms with Crippen LogP contribution < -0.4 is 5.73 Å². The zero-order chi connectivity index (χ0) is 14.5. The maximum atomic E-state index is 6.37. The van der Waals surface area contributed by atoms with Crippen molar-refractivity contribution in [2.24, 2.45) is 5.73 Å². The van der Waals surface area contributed by atoms with Crippen LogP contribution >= 0.6 is 0 Å². The highest BCUT2D eigenvalue weighted by Crippen LogP contribution is 2.27. The molecule has 0 aliphatic heterocycles. The molecular formula is C17H28N2O. The number of hydrogen-bond acceptors (Lipinski definition) is 3. The first kappa shape index (κ1) is 15.5. The molecule has 1 fully saturated rings. The standard InChI is InChI=1S/C17H28N2O/c1-13-10-14(2)12-15(11-13)17(18)6-7-19(8-9-20-3)16-4-5-16/h10-12,16-17H,4-9,18H2,1-3H3. The molecule has 3 heteroatoms. The van der Waals surface area contributed by atoms with Gasteiger partial charge in [-0.25, -0.2) is 0 Å². The second-order valence-electron chi connectivity index (χ2n) is 6.08. The number of methoxy groups -OCH3 is 1. The van der Waals surface area contributed by atoms with Crippen LogP contribution in [0.15, 0.2) is 18.2 Å². The molecule has 1 aliphatic carbocycles. The van der Waals surface area contributed by atoms with Gasteiger partial charge < -0.3 is 10.5 Å². The van der Waals surface area contributed by atoms with Crippen LogP contribution in [0.4, 0.5) is 0 Å². The van der Waals surface area contributed by atoms with E-state index in [2.05, 4.69) is 36.9 Å². The third-order valence-corrected chi connectivity index (χ3v) is 4.05. The summed E-state index contributed by atoms with van der Waals surface area (Å²) >= 11 is 0. The number of rotatable bonds is 8. The smallest absolute Gasteiger partial charge is 0.0589 e. The van der Waals surface area contributed by atoms with Gasteiger partial charge >= 0.3 is 0 Å². The predicted octanol–water partition coefficient (Wildman–Crippen LogP) is 2.80. The van der Waals surface area contributed by atoms with Crippen LogP contribution in [0, 0.1) is 13.8 Å². The van der Waals surface area contributed by atoms with E-state index < -0.39 is 0 Å². The molecule has 1 atom stereocenters. The summed E-state index contributed by atoms with van der Waals surface area (Å²) in [6.45, 7) is 7.19. The lowest BCUT2D eigenvalue weighted by molar-refractivity contribution is 0.141. The van der Waals surface area contributed by atoms with E-state index in [1.54, 1.807) is 7.11 Å². The maximum Gasteiger partial charge on any atom is 0.0589 e. The fraction of sp³-hybridized carbons (Fsp3) is 0.647. The Kier molecular flexibility index (Phi) is 5.58. The third kappa shape index (κ3) is 4.58. The van der Waals surface area contributed by atoms with E-state index >= 15 is 0 Å². The van der Waals surface area contributed by atoms with Crippen LogP contribution in [-0.2, 0) is 4.74 Å². The number of aryl methyl sites for hydroxylation is 2. The van der Waals surface area contributed by atoms with Crippen LogP contribution in [0.3, 0.4) is 0 Å². The molecule has 1 unspecified atom stereocenters. The molecule has 0 amide bonds. The van der Waals surface area contributed by atoms with Gasteiger partial charge in [-0.2, -0.15) is 0 Å². The minimum Gasteiger partial charge on any atom is -0.383 e. The SMILES string of the molecule is COCCN(CCC(N)c1cc(C)cc(C)c1)C1CC1. The Morgan fingerprint density at radius 3 is 2.40 bits per heavy atom. The van der Waals surface area contributed by atoms with Crippen molar-refractivity contribution >= 4 is 0 Å². The number of ether oxygens (including phenoxy) is 1.